The number of carbonyl (C=O) groups excluding carboxylic acids is 1. The van der Waals surface area contributed by atoms with E-state index in [0.717, 1.165) is 0 Å². The van der Waals surface area contributed by atoms with Gasteiger partial charge in [-0.3, -0.25) is 9.78 Å². The Bertz CT molecular complexity index is 534. The van der Waals surface area contributed by atoms with Crippen molar-refractivity contribution in [1.29, 1.82) is 0 Å². The van der Waals surface area contributed by atoms with Crippen molar-refractivity contribution >= 4 is 5.78 Å². The maximum Gasteiger partial charge on any atom is 0.237 e. The highest BCUT2D eigenvalue weighted by molar-refractivity contribution is 5.82. The molecule has 1 atom stereocenters. The normalized spacial score (nSPS) is 12.7. The van der Waals surface area contributed by atoms with E-state index in [4.69, 9.17) is 4.52 Å². The molecule has 1 unspecified atom stereocenters. The highest BCUT2D eigenvalue weighted by Crippen LogP contribution is 2.25. The molecule has 0 aliphatic heterocycles. The van der Waals surface area contributed by atoms with Gasteiger partial charge in [0, 0.05) is 6.20 Å². The number of nitrogens with zero attached hydrogens (tertiary/aromatic N) is 3. The Kier molecular flexibility index (Phi) is 3.50. The van der Waals surface area contributed by atoms with Crippen LogP contribution in [0.3, 0.4) is 0 Å². The van der Waals surface area contributed by atoms with Crippen molar-refractivity contribution < 1.29 is 9.32 Å². The van der Waals surface area contributed by atoms with Gasteiger partial charge in [-0.15, -0.1) is 0 Å². The molecule has 2 aromatic rings. The van der Waals surface area contributed by atoms with E-state index in [9.17, 15) is 4.79 Å². The summed E-state index contributed by atoms with van der Waals surface area (Å²) in [6.45, 7) is 5.45. The maximum absolute atomic E-state index is 11.6. The minimum absolute atomic E-state index is 0.0289. The molecular weight excluding hydrogens is 230 g/mol. The second-order valence-corrected chi connectivity index (χ2v) is 4.50. The van der Waals surface area contributed by atoms with E-state index >= 15 is 0 Å². The monoisotopic (exact) mass is 245 g/mol. The molecule has 0 radical (unpaired) electrons. The summed E-state index contributed by atoms with van der Waals surface area (Å²) >= 11 is 0. The van der Waals surface area contributed by atoms with Crippen molar-refractivity contribution in [3.8, 4) is 11.5 Å². The van der Waals surface area contributed by atoms with Crippen molar-refractivity contribution in [2.24, 2.45) is 5.92 Å². The van der Waals surface area contributed by atoms with Crippen LogP contribution in [0.2, 0.25) is 0 Å². The Morgan fingerprint density at radius 1 is 1.33 bits per heavy atom. The van der Waals surface area contributed by atoms with Gasteiger partial charge >= 0.3 is 0 Å². The highest BCUT2D eigenvalue weighted by atomic mass is 16.5. The second-order valence-electron chi connectivity index (χ2n) is 4.50. The molecule has 0 N–H and O–H groups in total. The minimum atomic E-state index is -0.352. The quantitative estimate of drug-likeness (QED) is 0.827. The number of hydrogen-bond donors (Lipinski definition) is 0. The summed E-state index contributed by atoms with van der Waals surface area (Å²) in [6.07, 6.45) is 1.66. The molecule has 0 amide bonds. The van der Waals surface area contributed by atoms with E-state index in [2.05, 4.69) is 15.1 Å². The van der Waals surface area contributed by atoms with Crippen LogP contribution in [0.25, 0.3) is 11.5 Å². The molecule has 0 bridgehead atoms. The second kappa shape index (κ2) is 5.08. The minimum Gasteiger partial charge on any atom is -0.338 e. The summed E-state index contributed by atoms with van der Waals surface area (Å²) in [4.78, 5) is 20.0. The number of ketones is 1. The molecule has 0 aromatic carbocycles. The Hall–Kier alpha value is -2.04. The third-order valence-electron chi connectivity index (χ3n) is 2.71. The maximum atomic E-state index is 11.6. The first-order valence-electron chi connectivity index (χ1n) is 5.85. The molecule has 5 nitrogen and oxygen atoms in total. The Labute approximate surface area is 105 Å². The lowest BCUT2D eigenvalue weighted by molar-refractivity contribution is -0.119. The molecule has 18 heavy (non-hydrogen) atoms. The number of carbonyl (C=O) groups is 1. The summed E-state index contributed by atoms with van der Waals surface area (Å²) in [5, 5.41) is 3.87. The van der Waals surface area contributed by atoms with Crippen LogP contribution in [0.1, 0.15) is 32.6 Å². The zero-order valence-electron chi connectivity index (χ0n) is 10.6. The van der Waals surface area contributed by atoms with E-state index in [0.29, 0.717) is 17.4 Å². The topological polar surface area (TPSA) is 68.9 Å². The van der Waals surface area contributed by atoms with Crippen LogP contribution in [0.15, 0.2) is 28.9 Å². The molecule has 0 aliphatic rings. The Balaban J connectivity index is 2.33. The van der Waals surface area contributed by atoms with Gasteiger partial charge in [0.25, 0.3) is 0 Å². The van der Waals surface area contributed by atoms with Gasteiger partial charge in [0.05, 0.1) is 5.92 Å². The molecule has 94 valence electrons. The lowest BCUT2D eigenvalue weighted by Gasteiger charge is -2.12. The van der Waals surface area contributed by atoms with Crippen LogP contribution in [0, 0.1) is 5.92 Å². The fourth-order valence-corrected chi connectivity index (χ4v) is 1.89. The average Bonchev–Trinajstić information content (AvgIpc) is 2.78. The first-order chi connectivity index (χ1) is 8.59. The summed E-state index contributed by atoms with van der Waals surface area (Å²) in [7, 11) is 0. The molecule has 2 heterocycles. The van der Waals surface area contributed by atoms with Crippen LogP contribution in [-0.4, -0.2) is 20.9 Å². The number of Topliss-reactive ketones (excluding diaryl/α,β-unsaturated/α-hetero) is 1. The van der Waals surface area contributed by atoms with E-state index in [1.165, 1.54) is 6.92 Å². The van der Waals surface area contributed by atoms with Gasteiger partial charge in [-0.25, -0.2) is 0 Å². The third kappa shape index (κ3) is 2.45. The van der Waals surface area contributed by atoms with E-state index in [1.54, 1.807) is 12.3 Å². The SMILES string of the molecule is CC(=O)C(c1nc(-c2ccccn2)no1)C(C)C. The van der Waals surface area contributed by atoms with Crippen molar-refractivity contribution in [3.05, 3.63) is 30.3 Å². The Morgan fingerprint density at radius 3 is 2.67 bits per heavy atom. The van der Waals surface area contributed by atoms with Gasteiger partial charge < -0.3 is 4.52 Å². The van der Waals surface area contributed by atoms with Gasteiger partial charge in [0.2, 0.25) is 11.7 Å². The van der Waals surface area contributed by atoms with Crippen LogP contribution < -0.4 is 0 Å². The van der Waals surface area contributed by atoms with Gasteiger partial charge in [0.15, 0.2) is 0 Å². The van der Waals surface area contributed by atoms with Crippen LogP contribution >= 0.6 is 0 Å². The summed E-state index contributed by atoms with van der Waals surface area (Å²) in [5.41, 5.74) is 0.638. The van der Waals surface area contributed by atoms with Gasteiger partial charge in [-0.1, -0.05) is 25.1 Å². The predicted octanol–water partition coefficient (Wildman–Crippen LogP) is 2.46. The van der Waals surface area contributed by atoms with E-state index in [1.807, 2.05) is 26.0 Å². The Morgan fingerprint density at radius 2 is 2.11 bits per heavy atom. The third-order valence-corrected chi connectivity index (χ3v) is 2.71. The summed E-state index contributed by atoms with van der Waals surface area (Å²) in [5.74, 6) is 0.575. The molecule has 2 aromatic heterocycles. The van der Waals surface area contributed by atoms with Gasteiger partial charge in [-0.05, 0) is 25.0 Å². The largest absolute Gasteiger partial charge is 0.338 e. The first-order valence-corrected chi connectivity index (χ1v) is 5.85. The van der Waals surface area contributed by atoms with E-state index < -0.39 is 0 Å². The molecule has 0 saturated heterocycles. The van der Waals surface area contributed by atoms with Gasteiger partial charge in [-0.2, -0.15) is 4.98 Å². The average molecular weight is 245 g/mol. The zero-order chi connectivity index (χ0) is 13.1. The standard InChI is InChI=1S/C13H15N3O2/c1-8(2)11(9(3)17)13-15-12(16-18-13)10-6-4-5-7-14-10/h4-8,11H,1-3H3. The van der Waals surface area contributed by atoms with Crippen LogP contribution in [0.4, 0.5) is 0 Å². The summed E-state index contributed by atoms with van der Waals surface area (Å²) < 4.78 is 5.18. The smallest absolute Gasteiger partial charge is 0.237 e. The molecule has 0 saturated carbocycles. The lowest BCUT2D eigenvalue weighted by Crippen LogP contribution is -2.15. The molecule has 0 aliphatic carbocycles. The lowest BCUT2D eigenvalue weighted by atomic mass is 9.92. The number of rotatable bonds is 4. The van der Waals surface area contributed by atoms with Crippen LogP contribution in [-0.2, 0) is 4.79 Å². The van der Waals surface area contributed by atoms with Crippen molar-refractivity contribution in [3.63, 3.8) is 0 Å². The fourth-order valence-electron chi connectivity index (χ4n) is 1.89. The molecule has 5 heteroatoms. The summed E-state index contributed by atoms with van der Waals surface area (Å²) in [6, 6.07) is 5.47. The number of hydrogen-bond acceptors (Lipinski definition) is 5. The molecule has 2 rings (SSSR count). The molecule has 0 spiro atoms. The van der Waals surface area contributed by atoms with Crippen LogP contribution in [0.5, 0.6) is 0 Å². The zero-order valence-corrected chi connectivity index (χ0v) is 10.6. The number of aromatic nitrogens is 3. The van der Waals surface area contributed by atoms with E-state index in [-0.39, 0.29) is 17.6 Å². The molecular formula is C13H15N3O2. The first kappa shape index (κ1) is 12.4. The number of pyridine rings is 1. The van der Waals surface area contributed by atoms with Crippen molar-refractivity contribution in [2.75, 3.05) is 0 Å². The van der Waals surface area contributed by atoms with Crippen molar-refractivity contribution in [2.45, 2.75) is 26.7 Å². The van der Waals surface area contributed by atoms with Crippen molar-refractivity contribution in [1.82, 2.24) is 15.1 Å². The van der Waals surface area contributed by atoms with Gasteiger partial charge in [0.1, 0.15) is 11.5 Å². The predicted molar refractivity (Wildman–Crippen MR) is 65.8 cm³/mol. The molecule has 0 fully saturated rings. The fraction of sp³-hybridized carbons (Fsp3) is 0.385. The highest BCUT2D eigenvalue weighted by Gasteiger charge is 2.27.